The van der Waals surface area contributed by atoms with E-state index in [4.69, 9.17) is 0 Å². The fraction of sp³-hybridized carbons (Fsp3) is 0.0714. The molecule has 1 aromatic carbocycles. The van der Waals surface area contributed by atoms with Crippen molar-refractivity contribution in [1.82, 2.24) is 10.2 Å². The van der Waals surface area contributed by atoms with Crippen LogP contribution >= 0.6 is 11.3 Å². The average molecular weight is 300 g/mol. The highest BCUT2D eigenvalue weighted by Crippen LogP contribution is 2.26. The molecule has 0 aliphatic rings. The van der Waals surface area contributed by atoms with Crippen LogP contribution in [-0.4, -0.2) is 15.1 Å². The first-order valence-electron chi connectivity index (χ1n) is 6.28. The molecule has 0 aliphatic heterocycles. The number of hydrogen-bond donors (Lipinski definition) is 2. The number of H-pyrrole nitrogens is 1. The molecule has 0 saturated carbocycles. The molecular weight excluding hydrogens is 288 g/mol. The fourth-order valence-electron chi connectivity index (χ4n) is 2.01. The third kappa shape index (κ3) is 2.92. The summed E-state index contributed by atoms with van der Waals surface area (Å²) in [6, 6.07) is 10.5. The Bertz CT molecular complexity index is 752. The topological polar surface area (TPSA) is 83.8 Å². The number of aromatic nitrogens is 2. The zero-order valence-corrected chi connectivity index (χ0v) is 11.8. The first kappa shape index (κ1) is 13.3. The van der Waals surface area contributed by atoms with Crippen molar-refractivity contribution in [3.05, 3.63) is 63.7 Å². The summed E-state index contributed by atoms with van der Waals surface area (Å²) >= 11 is 1.63. The van der Waals surface area contributed by atoms with E-state index in [0.717, 1.165) is 16.1 Å². The largest absolute Gasteiger partial charge is 0.381 e. The number of nitrogens with one attached hydrogen (secondary N) is 2. The van der Waals surface area contributed by atoms with Crippen LogP contribution in [0, 0.1) is 10.1 Å². The van der Waals surface area contributed by atoms with Gasteiger partial charge in [0.15, 0.2) is 0 Å². The Balaban J connectivity index is 1.76. The van der Waals surface area contributed by atoms with Crippen molar-refractivity contribution in [3.8, 4) is 10.6 Å². The van der Waals surface area contributed by atoms with Gasteiger partial charge in [0.2, 0.25) is 0 Å². The summed E-state index contributed by atoms with van der Waals surface area (Å²) in [7, 11) is 0. The molecule has 3 aromatic rings. The number of nitro benzene ring substituents is 1. The van der Waals surface area contributed by atoms with E-state index in [1.807, 2.05) is 17.5 Å². The van der Waals surface area contributed by atoms with Gasteiger partial charge in [-0.2, -0.15) is 5.10 Å². The van der Waals surface area contributed by atoms with Crippen LogP contribution in [0.5, 0.6) is 0 Å². The molecule has 0 bridgehead atoms. The van der Waals surface area contributed by atoms with Gasteiger partial charge in [0.05, 0.1) is 21.7 Å². The van der Waals surface area contributed by atoms with Gasteiger partial charge in [0.1, 0.15) is 0 Å². The molecule has 106 valence electrons. The van der Waals surface area contributed by atoms with E-state index < -0.39 is 4.92 Å². The Morgan fingerprint density at radius 3 is 3.00 bits per heavy atom. The summed E-state index contributed by atoms with van der Waals surface area (Å²) in [5.74, 6) is 0. The quantitative estimate of drug-likeness (QED) is 0.556. The molecule has 0 atom stereocenters. The summed E-state index contributed by atoms with van der Waals surface area (Å²) in [5, 5.41) is 23.0. The summed E-state index contributed by atoms with van der Waals surface area (Å²) < 4.78 is 0. The van der Waals surface area contributed by atoms with Crippen LogP contribution in [0.4, 0.5) is 11.4 Å². The Morgan fingerprint density at radius 2 is 2.24 bits per heavy atom. The number of nitrogens with zero attached hydrogens (tertiary/aromatic N) is 2. The van der Waals surface area contributed by atoms with E-state index in [1.54, 1.807) is 29.7 Å². The Labute approximate surface area is 124 Å². The lowest BCUT2D eigenvalue weighted by atomic mass is 10.2. The van der Waals surface area contributed by atoms with Gasteiger partial charge < -0.3 is 5.32 Å². The summed E-state index contributed by atoms with van der Waals surface area (Å²) in [5.41, 5.74) is 2.78. The molecule has 7 heteroatoms. The van der Waals surface area contributed by atoms with E-state index in [2.05, 4.69) is 15.5 Å². The van der Waals surface area contributed by atoms with Crippen LogP contribution in [0.1, 0.15) is 5.56 Å². The highest BCUT2D eigenvalue weighted by molar-refractivity contribution is 7.13. The second kappa shape index (κ2) is 5.76. The SMILES string of the molecule is O=[N+]([O-])c1cccc(NCc2cn[nH]c2-c2cccs2)c1. The summed E-state index contributed by atoms with van der Waals surface area (Å²) in [6.07, 6.45) is 1.76. The van der Waals surface area contributed by atoms with Gasteiger partial charge in [-0.15, -0.1) is 11.3 Å². The predicted molar refractivity (Wildman–Crippen MR) is 82.3 cm³/mol. The number of anilines is 1. The maximum Gasteiger partial charge on any atom is 0.271 e. The van der Waals surface area contributed by atoms with E-state index >= 15 is 0 Å². The Hall–Kier alpha value is -2.67. The van der Waals surface area contributed by atoms with Crippen molar-refractivity contribution in [2.24, 2.45) is 0 Å². The first-order valence-corrected chi connectivity index (χ1v) is 7.16. The van der Waals surface area contributed by atoms with Gasteiger partial charge in [0.25, 0.3) is 5.69 Å². The molecule has 0 fully saturated rings. The van der Waals surface area contributed by atoms with Crippen LogP contribution < -0.4 is 5.32 Å². The molecule has 21 heavy (non-hydrogen) atoms. The number of non-ortho nitro benzene ring substituents is 1. The Kier molecular flexibility index (Phi) is 3.65. The van der Waals surface area contributed by atoms with Gasteiger partial charge >= 0.3 is 0 Å². The lowest BCUT2D eigenvalue weighted by molar-refractivity contribution is -0.384. The highest BCUT2D eigenvalue weighted by Gasteiger charge is 2.09. The molecular formula is C14H12N4O2S. The molecule has 0 aliphatic carbocycles. The maximum atomic E-state index is 10.8. The lowest BCUT2D eigenvalue weighted by Crippen LogP contribution is -2.00. The highest BCUT2D eigenvalue weighted by atomic mass is 32.1. The number of hydrogen-bond acceptors (Lipinski definition) is 5. The molecule has 2 heterocycles. The Morgan fingerprint density at radius 1 is 1.33 bits per heavy atom. The van der Waals surface area contributed by atoms with Crippen LogP contribution in [-0.2, 0) is 6.54 Å². The molecule has 3 rings (SSSR count). The first-order chi connectivity index (χ1) is 10.2. The number of benzene rings is 1. The van der Waals surface area contributed by atoms with Crippen LogP contribution in [0.15, 0.2) is 48.0 Å². The number of nitro groups is 1. The molecule has 0 radical (unpaired) electrons. The molecule has 0 spiro atoms. The number of thiophene rings is 1. The zero-order valence-electron chi connectivity index (χ0n) is 10.9. The van der Waals surface area contributed by atoms with Crippen LogP contribution in [0.2, 0.25) is 0 Å². The van der Waals surface area contributed by atoms with Gasteiger partial charge in [-0.25, -0.2) is 0 Å². The minimum atomic E-state index is -0.403. The van der Waals surface area contributed by atoms with E-state index in [-0.39, 0.29) is 5.69 Å². The van der Waals surface area contributed by atoms with Gasteiger partial charge in [-0.3, -0.25) is 15.2 Å². The van der Waals surface area contributed by atoms with Crippen molar-refractivity contribution in [1.29, 1.82) is 0 Å². The number of aromatic amines is 1. The third-order valence-corrected chi connectivity index (χ3v) is 3.91. The number of rotatable bonds is 5. The van der Waals surface area contributed by atoms with Crippen molar-refractivity contribution in [2.45, 2.75) is 6.54 Å². The second-order valence-electron chi connectivity index (χ2n) is 4.41. The van der Waals surface area contributed by atoms with Crippen LogP contribution in [0.3, 0.4) is 0 Å². The molecule has 2 N–H and O–H groups in total. The minimum Gasteiger partial charge on any atom is -0.381 e. The second-order valence-corrected chi connectivity index (χ2v) is 5.36. The average Bonchev–Trinajstić information content (AvgIpc) is 3.16. The van der Waals surface area contributed by atoms with Crippen molar-refractivity contribution in [3.63, 3.8) is 0 Å². The van der Waals surface area contributed by atoms with Gasteiger partial charge in [0, 0.05) is 29.9 Å². The maximum absolute atomic E-state index is 10.8. The molecule has 6 nitrogen and oxygen atoms in total. The van der Waals surface area contributed by atoms with Crippen molar-refractivity contribution in [2.75, 3.05) is 5.32 Å². The lowest BCUT2D eigenvalue weighted by Gasteiger charge is -2.06. The van der Waals surface area contributed by atoms with E-state index in [0.29, 0.717) is 12.2 Å². The predicted octanol–water partition coefficient (Wildman–Crippen LogP) is 3.66. The summed E-state index contributed by atoms with van der Waals surface area (Å²) in [4.78, 5) is 11.5. The monoisotopic (exact) mass is 300 g/mol. The molecule has 0 saturated heterocycles. The van der Waals surface area contributed by atoms with E-state index in [9.17, 15) is 10.1 Å². The zero-order chi connectivity index (χ0) is 14.7. The van der Waals surface area contributed by atoms with Crippen molar-refractivity contribution >= 4 is 22.7 Å². The minimum absolute atomic E-state index is 0.0747. The summed E-state index contributed by atoms with van der Waals surface area (Å²) in [6.45, 7) is 0.547. The van der Waals surface area contributed by atoms with Crippen LogP contribution in [0.25, 0.3) is 10.6 Å². The van der Waals surface area contributed by atoms with Gasteiger partial charge in [-0.1, -0.05) is 12.1 Å². The normalized spacial score (nSPS) is 10.5. The molecule has 0 amide bonds. The van der Waals surface area contributed by atoms with Gasteiger partial charge in [-0.05, 0) is 17.5 Å². The standard InChI is InChI=1S/C14H12N4O2S/c19-18(20)12-4-1-3-11(7-12)15-8-10-9-16-17-14(10)13-5-2-6-21-13/h1-7,9,15H,8H2,(H,16,17). The molecule has 2 aromatic heterocycles. The fourth-order valence-corrected chi connectivity index (χ4v) is 2.76. The smallest absolute Gasteiger partial charge is 0.271 e. The van der Waals surface area contributed by atoms with E-state index in [1.165, 1.54) is 12.1 Å². The third-order valence-electron chi connectivity index (χ3n) is 3.03. The molecule has 0 unspecified atom stereocenters. The van der Waals surface area contributed by atoms with Crippen molar-refractivity contribution < 1.29 is 4.92 Å².